The fraction of sp³-hybridized carbons (Fsp3) is 0.650. The van der Waals surface area contributed by atoms with Gasteiger partial charge in [0, 0.05) is 26.1 Å². The molecule has 3 fully saturated rings. The predicted octanol–water partition coefficient (Wildman–Crippen LogP) is 2.78. The van der Waals surface area contributed by atoms with Crippen molar-refractivity contribution in [1.82, 2.24) is 9.96 Å². The topological polar surface area (TPSA) is 42.0 Å². The maximum Gasteiger partial charge on any atom is 0.224 e. The van der Waals surface area contributed by atoms with Crippen LogP contribution in [-0.2, 0) is 14.4 Å². The Balaban J connectivity index is 1.37. The fourth-order valence-electron chi connectivity index (χ4n) is 3.78. The number of morpholine rings is 1. The first-order valence-electron chi connectivity index (χ1n) is 9.65. The van der Waals surface area contributed by atoms with E-state index >= 15 is 0 Å². The van der Waals surface area contributed by atoms with E-state index in [-0.39, 0.29) is 18.1 Å². The number of hydroxylamine groups is 2. The van der Waals surface area contributed by atoms with E-state index < -0.39 is 0 Å². The van der Waals surface area contributed by atoms with Crippen LogP contribution < -0.4 is 0 Å². The zero-order valence-electron chi connectivity index (χ0n) is 14.8. The van der Waals surface area contributed by atoms with Crippen molar-refractivity contribution in [3.05, 3.63) is 35.9 Å². The minimum atomic E-state index is -0.00395. The molecule has 136 valence electrons. The van der Waals surface area contributed by atoms with Crippen LogP contribution in [0.25, 0.3) is 0 Å². The smallest absolute Gasteiger partial charge is 0.224 e. The Morgan fingerprint density at radius 2 is 1.96 bits per heavy atom. The third-order valence-corrected chi connectivity index (χ3v) is 5.45. The zero-order valence-corrected chi connectivity index (χ0v) is 14.8. The van der Waals surface area contributed by atoms with Gasteiger partial charge in [-0.15, -0.1) is 0 Å². The number of ether oxygens (including phenoxy) is 1. The lowest BCUT2D eigenvalue weighted by Gasteiger charge is -2.39. The van der Waals surface area contributed by atoms with Crippen LogP contribution in [-0.4, -0.2) is 54.8 Å². The van der Waals surface area contributed by atoms with Gasteiger partial charge in [-0.1, -0.05) is 30.3 Å². The van der Waals surface area contributed by atoms with Crippen molar-refractivity contribution < 1.29 is 14.4 Å². The van der Waals surface area contributed by atoms with Gasteiger partial charge in [0.1, 0.15) is 6.10 Å². The lowest BCUT2D eigenvalue weighted by Crippen LogP contribution is -2.48. The summed E-state index contributed by atoms with van der Waals surface area (Å²) >= 11 is 0. The van der Waals surface area contributed by atoms with Gasteiger partial charge in [-0.05, 0) is 37.2 Å². The van der Waals surface area contributed by atoms with Crippen molar-refractivity contribution in [3.8, 4) is 0 Å². The van der Waals surface area contributed by atoms with Crippen LogP contribution in [0.1, 0.15) is 43.8 Å². The molecule has 5 nitrogen and oxygen atoms in total. The Bertz CT molecular complexity index is 570. The van der Waals surface area contributed by atoms with Crippen molar-refractivity contribution in [1.29, 1.82) is 0 Å². The average molecular weight is 344 g/mol. The molecule has 2 saturated heterocycles. The highest BCUT2D eigenvalue weighted by molar-refractivity contribution is 5.76. The molecule has 0 bridgehead atoms. The molecular weight excluding hydrogens is 316 g/mol. The maximum atomic E-state index is 12.8. The molecule has 0 radical (unpaired) electrons. The van der Waals surface area contributed by atoms with Crippen LogP contribution >= 0.6 is 0 Å². The third-order valence-electron chi connectivity index (χ3n) is 5.45. The second-order valence-electron chi connectivity index (χ2n) is 7.43. The summed E-state index contributed by atoms with van der Waals surface area (Å²) in [5, 5.41) is 1.95. The van der Waals surface area contributed by atoms with E-state index in [9.17, 15) is 4.79 Å². The quantitative estimate of drug-likeness (QED) is 0.824. The van der Waals surface area contributed by atoms with Crippen molar-refractivity contribution in [3.63, 3.8) is 0 Å². The third kappa shape index (κ3) is 4.40. The highest BCUT2D eigenvalue weighted by Crippen LogP contribution is 2.39. The molecule has 1 aromatic carbocycles. The van der Waals surface area contributed by atoms with Crippen LogP contribution in [0.4, 0.5) is 0 Å². The SMILES string of the molecule is O=C(CCN1CCCCO1)N1C[C@@H](c2ccccc2)O[C@@H](C2CC2)C1. The van der Waals surface area contributed by atoms with Gasteiger partial charge < -0.3 is 9.64 Å². The average Bonchev–Trinajstić information content (AvgIpc) is 3.52. The molecule has 0 unspecified atom stereocenters. The molecule has 0 N–H and O–H groups in total. The summed E-state index contributed by atoms with van der Waals surface area (Å²) in [6, 6.07) is 10.3. The van der Waals surface area contributed by atoms with Crippen molar-refractivity contribution in [2.75, 3.05) is 32.8 Å². The summed E-state index contributed by atoms with van der Waals surface area (Å²) in [4.78, 5) is 20.4. The van der Waals surface area contributed by atoms with E-state index in [1.165, 1.54) is 18.4 Å². The largest absolute Gasteiger partial charge is 0.366 e. The van der Waals surface area contributed by atoms with Crippen LogP contribution in [0.2, 0.25) is 0 Å². The second-order valence-corrected chi connectivity index (χ2v) is 7.43. The minimum Gasteiger partial charge on any atom is -0.366 e. The number of amides is 1. The number of carbonyl (C=O) groups excluding carboxylic acids is 1. The highest BCUT2D eigenvalue weighted by Gasteiger charge is 2.40. The molecule has 1 amide bonds. The summed E-state index contributed by atoms with van der Waals surface area (Å²) < 4.78 is 6.34. The molecule has 4 rings (SSSR count). The number of benzene rings is 1. The summed E-state index contributed by atoms with van der Waals surface area (Å²) in [6.45, 7) is 3.82. The molecule has 1 saturated carbocycles. The van der Waals surface area contributed by atoms with E-state index in [0.29, 0.717) is 25.4 Å². The molecule has 2 aliphatic heterocycles. The standard InChI is InChI=1S/C20H28N2O3/c23-20(10-12-22-11-4-5-13-24-22)21-14-18(16-6-2-1-3-7-16)25-19(15-21)17-8-9-17/h1-3,6-7,17-19H,4-5,8-15H2/t18-,19+/m0/s1. The molecule has 2 heterocycles. The number of nitrogens with zero attached hydrogens (tertiary/aromatic N) is 2. The first-order chi connectivity index (χ1) is 12.3. The van der Waals surface area contributed by atoms with Gasteiger partial charge in [-0.25, -0.2) is 0 Å². The van der Waals surface area contributed by atoms with Crippen LogP contribution in [0.15, 0.2) is 30.3 Å². The van der Waals surface area contributed by atoms with E-state index in [1.807, 2.05) is 28.2 Å². The molecule has 5 heteroatoms. The van der Waals surface area contributed by atoms with E-state index in [2.05, 4.69) is 12.1 Å². The predicted molar refractivity (Wildman–Crippen MR) is 94.7 cm³/mol. The van der Waals surface area contributed by atoms with Crippen molar-refractivity contribution >= 4 is 5.91 Å². The van der Waals surface area contributed by atoms with Gasteiger partial charge in [0.15, 0.2) is 0 Å². The lowest BCUT2D eigenvalue weighted by molar-refractivity contribution is -0.184. The molecular formula is C20H28N2O3. The van der Waals surface area contributed by atoms with Gasteiger partial charge in [0.25, 0.3) is 0 Å². The molecule has 2 atom stereocenters. The van der Waals surface area contributed by atoms with Crippen LogP contribution in [0.5, 0.6) is 0 Å². The molecule has 3 aliphatic rings. The van der Waals surface area contributed by atoms with Gasteiger partial charge in [-0.3, -0.25) is 9.63 Å². The maximum absolute atomic E-state index is 12.8. The summed E-state index contributed by atoms with van der Waals surface area (Å²) in [5.74, 6) is 0.858. The van der Waals surface area contributed by atoms with Gasteiger partial charge in [0.2, 0.25) is 5.91 Å². The Kier molecular flexibility index (Phi) is 5.34. The van der Waals surface area contributed by atoms with Gasteiger partial charge in [0.05, 0.1) is 19.3 Å². The van der Waals surface area contributed by atoms with Gasteiger partial charge >= 0.3 is 0 Å². The number of hydrogen-bond acceptors (Lipinski definition) is 4. The Labute approximate surface area is 149 Å². The van der Waals surface area contributed by atoms with E-state index in [1.54, 1.807) is 0 Å². The molecule has 0 spiro atoms. The molecule has 0 aromatic heterocycles. The fourth-order valence-corrected chi connectivity index (χ4v) is 3.78. The molecule has 1 aromatic rings. The Morgan fingerprint density at radius 1 is 1.12 bits per heavy atom. The van der Waals surface area contributed by atoms with Crippen LogP contribution in [0.3, 0.4) is 0 Å². The normalized spacial score (nSPS) is 28.1. The van der Waals surface area contributed by atoms with E-state index in [0.717, 1.165) is 32.5 Å². The summed E-state index contributed by atoms with van der Waals surface area (Å²) in [5.41, 5.74) is 1.17. The first kappa shape index (κ1) is 17.0. The first-order valence-corrected chi connectivity index (χ1v) is 9.65. The Hall–Kier alpha value is -1.43. The molecule has 1 aliphatic carbocycles. The summed E-state index contributed by atoms with van der Waals surface area (Å²) in [6.07, 6.45) is 5.45. The monoisotopic (exact) mass is 344 g/mol. The zero-order chi connectivity index (χ0) is 17.1. The van der Waals surface area contributed by atoms with Crippen molar-refractivity contribution in [2.24, 2.45) is 5.92 Å². The minimum absolute atomic E-state index is 0.00395. The second kappa shape index (κ2) is 7.85. The Morgan fingerprint density at radius 3 is 2.68 bits per heavy atom. The number of carbonyl (C=O) groups is 1. The van der Waals surface area contributed by atoms with Crippen LogP contribution in [0, 0.1) is 5.92 Å². The lowest BCUT2D eigenvalue weighted by atomic mass is 10.0. The highest BCUT2D eigenvalue weighted by atomic mass is 16.7. The number of hydrogen-bond donors (Lipinski definition) is 0. The summed E-state index contributed by atoms with van der Waals surface area (Å²) in [7, 11) is 0. The van der Waals surface area contributed by atoms with E-state index in [4.69, 9.17) is 9.57 Å². The number of rotatable bonds is 5. The van der Waals surface area contributed by atoms with Crippen molar-refractivity contribution in [2.45, 2.75) is 44.3 Å². The molecule has 25 heavy (non-hydrogen) atoms. The van der Waals surface area contributed by atoms with Gasteiger partial charge in [-0.2, -0.15) is 5.06 Å².